The van der Waals surface area contributed by atoms with Crippen LogP contribution in [0.4, 0.5) is 0 Å². The van der Waals surface area contributed by atoms with Crippen LogP contribution in [0.2, 0.25) is 0 Å². The summed E-state index contributed by atoms with van der Waals surface area (Å²) in [4.78, 5) is 11.3. The van der Waals surface area contributed by atoms with Crippen molar-refractivity contribution in [3.63, 3.8) is 0 Å². The number of thiol groups is 1. The number of rotatable bonds is 5. The Morgan fingerprint density at radius 1 is 1.44 bits per heavy atom. The Hall–Kier alpha value is -1.16. The molecule has 1 amide bonds. The molecule has 0 aliphatic rings. The smallest absolute Gasteiger partial charge is 0.257 e. The Morgan fingerprint density at radius 2 is 2.19 bits per heavy atom. The van der Waals surface area contributed by atoms with E-state index >= 15 is 0 Å². The number of hydrogen-bond acceptors (Lipinski definition) is 3. The first-order chi connectivity index (χ1) is 7.65. The highest BCUT2D eigenvalue weighted by Crippen LogP contribution is 2.20. The van der Waals surface area contributed by atoms with Crippen molar-refractivity contribution in [2.75, 3.05) is 18.9 Å². The molecule has 0 atom stereocenters. The lowest BCUT2D eigenvalue weighted by molar-refractivity contribution is -0.122. The Kier molecular flexibility index (Phi) is 5.19. The fourth-order valence-electron chi connectivity index (χ4n) is 1.27. The summed E-state index contributed by atoms with van der Waals surface area (Å²) in [5.41, 5.74) is 2.23. The van der Waals surface area contributed by atoms with Crippen molar-refractivity contribution in [1.82, 2.24) is 5.32 Å². The van der Waals surface area contributed by atoms with Gasteiger partial charge in [-0.2, -0.15) is 12.6 Å². The predicted molar refractivity (Wildman–Crippen MR) is 68.3 cm³/mol. The summed E-state index contributed by atoms with van der Waals surface area (Å²) in [7, 11) is 0. The number of ether oxygens (including phenoxy) is 1. The fourth-order valence-corrected chi connectivity index (χ4v) is 1.38. The first kappa shape index (κ1) is 12.9. The summed E-state index contributed by atoms with van der Waals surface area (Å²) in [6.07, 6.45) is 0. The van der Waals surface area contributed by atoms with Crippen LogP contribution < -0.4 is 10.1 Å². The van der Waals surface area contributed by atoms with Gasteiger partial charge in [-0.05, 0) is 31.0 Å². The van der Waals surface area contributed by atoms with E-state index in [-0.39, 0.29) is 12.5 Å². The minimum absolute atomic E-state index is 0.0536. The number of carbonyl (C=O) groups is 1. The SMILES string of the molecule is Cc1cccc(OCC(=O)NCCS)c1C. The lowest BCUT2D eigenvalue weighted by Gasteiger charge is -2.10. The zero-order chi connectivity index (χ0) is 12.0. The van der Waals surface area contributed by atoms with E-state index in [0.717, 1.165) is 16.9 Å². The van der Waals surface area contributed by atoms with Crippen LogP contribution in [0.5, 0.6) is 5.75 Å². The van der Waals surface area contributed by atoms with E-state index in [0.29, 0.717) is 12.3 Å². The highest BCUT2D eigenvalue weighted by molar-refractivity contribution is 7.80. The number of aryl methyl sites for hydroxylation is 1. The van der Waals surface area contributed by atoms with Crippen molar-refractivity contribution in [3.8, 4) is 5.75 Å². The Morgan fingerprint density at radius 3 is 2.88 bits per heavy atom. The molecule has 1 aromatic carbocycles. The number of nitrogens with one attached hydrogen (secondary N) is 1. The van der Waals surface area contributed by atoms with E-state index in [1.807, 2.05) is 32.0 Å². The summed E-state index contributed by atoms with van der Waals surface area (Å²) >= 11 is 4.01. The molecule has 3 nitrogen and oxygen atoms in total. The molecule has 4 heteroatoms. The molecular formula is C12H17NO2S. The Balaban J connectivity index is 2.48. The van der Waals surface area contributed by atoms with Crippen molar-refractivity contribution in [2.24, 2.45) is 0 Å². The minimum Gasteiger partial charge on any atom is -0.483 e. The van der Waals surface area contributed by atoms with Crippen LogP contribution in [0.1, 0.15) is 11.1 Å². The standard InChI is InChI=1S/C12H17NO2S/c1-9-4-3-5-11(10(9)2)15-8-12(14)13-6-7-16/h3-5,16H,6-8H2,1-2H3,(H,13,14). The highest BCUT2D eigenvalue weighted by atomic mass is 32.1. The molecule has 88 valence electrons. The average molecular weight is 239 g/mol. The molecule has 0 radical (unpaired) electrons. The first-order valence-corrected chi connectivity index (χ1v) is 5.85. The first-order valence-electron chi connectivity index (χ1n) is 5.21. The van der Waals surface area contributed by atoms with Gasteiger partial charge in [-0.1, -0.05) is 12.1 Å². The van der Waals surface area contributed by atoms with Gasteiger partial charge in [0.15, 0.2) is 6.61 Å². The van der Waals surface area contributed by atoms with Gasteiger partial charge in [0, 0.05) is 12.3 Å². The Labute approximate surface area is 102 Å². The van der Waals surface area contributed by atoms with Gasteiger partial charge in [0.2, 0.25) is 0 Å². The van der Waals surface area contributed by atoms with Crippen LogP contribution in [0, 0.1) is 13.8 Å². The molecule has 0 spiro atoms. The zero-order valence-corrected chi connectivity index (χ0v) is 10.5. The van der Waals surface area contributed by atoms with Crippen LogP contribution in [0.25, 0.3) is 0 Å². The molecule has 0 bridgehead atoms. The second-order valence-corrected chi connectivity index (χ2v) is 4.01. The van der Waals surface area contributed by atoms with Crippen LogP contribution >= 0.6 is 12.6 Å². The number of hydrogen-bond donors (Lipinski definition) is 2. The van der Waals surface area contributed by atoms with E-state index in [1.165, 1.54) is 0 Å². The molecule has 0 heterocycles. The topological polar surface area (TPSA) is 38.3 Å². The number of benzene rings is 1. The minimum atomic E-state index is -0.116. The molecule has 1 rings (SSSR count). The molecule has 1 N–H and O–H groups in total. The van der Waals surface area contributed by atoms with Gasteiger partial charge in [-0.3, -0.25) is 4.79 Å². The van der Waals surface area contributed by atoms with Gasteiger partial charge in [0.25, 0.3) is 5.91 Å². The van der Waals surface area contributed by atoms with Gasteiger partial charge >= 0.3 is 0 Å². The maximum absolute atomic E-state index is 11.3. The molecule has 0 aliphatic carbocycles. The predicted octanol–water partition coefficient (Wildman–Crippen LogP) is 1.73. The normalized spacial score (nSPS) is 9.94. The van der Waals surface area contributed by atoms with E-state index in [4.69, 9.17) is 4.74 Å². The molecule has 0 fully saturated rings. The molecule has 0 saturated heterocycles. The summed E-state index contributed by atoms with van der Waals surface area (Å²) in [5, 5.41) is 2.70. The molecule has 0 aromatic heterocycles. The third-order valence-electron chi connectivity index (χ3n) is 2.35. The molecule has 1 aromatic rings. The average Bonchev–Trinajstić information content (AvgIpc) is 2.28. The van der Waals surface area contributed by atoms with Gasteiger partial charge in [-0.25, -0.2) is 0 Å². The van der Waals surface area contributed by atoms with Crippen LogP contribution in [0.3, 0.4) is 0 Å². The molecule has 0 aliphatic heterocycles. The number of carbonyl (C=O) groups excluding carboxylic acids is 1. The van der Waals surface area contributed by atoms with Gasteiger partial charge in [0.05, 0.1) is 0 Å². The van der Waals surface area contributed by atoms with Crippen molar-refractivity contribution >= 4 is 18.5 Å². The summed E-state index contributed by atoms with van der Waals surface area (Å²) < 4.78 is 5.44. The van der Waals surface area contributed by atoms with E-state index in [9.17, 15) is 4.79 Å². The summed E-state index contributed by atoms with van der Waals surface area (Å²) in [5.74, 6) is 1.28. The maximum Gasteiger partial charge on any atom is 0.257 e. The molecular weight excluding hydrogens is 222 g/mol. The van der Waals surface area contributed by atoms with Crippen molar-refractivity contribution < 1.29 is 9.53 Å². The summed E-state index contributed by atoms with van der Waals surface area (Å²) in [6.45, 7) is 4.62. The molecule has 16 heavy (non-hydrogen) atoms. The van der Waals surface area contributed by atoms with E-state index in [2.05, 4.69) is 17.9 Å². The summed E-state index contributed by atoms with van der Waals surface area (Å²) in [6, 6.07) is 5.81. The fraction of sp³-hybridized carbons (Fsp3) is 0.417. The van der Waals surface area contributed by atoms with Crippen LogP contribution in [-0.4, -0.2) is 24.8 Å². The third-order valence-corrected chi connectivity index (χ3v) is 2.57. The van der Waals surface area contributed by atoms with Crippen LogP contribution in [-0.2, 0) is 4.79 Å². The third kappa shape index (κ3) is 3.77. The lowest BCUT2D eigenvalue weighted by Crippen LogP contribution is -2.30. The second-order valence-electron chi connectivity index (χ2n) is 3.56. The van der Waals surface area contributed by atoms with Crippen LogP contribution in [0.15, 0.2) is 18.2 Å². The Bertz CT molecular complexity index is 366. The van der Waals surface area contributed by atoms with Crippen molar-refractivity contribution in [2.45, 2.75) is 13.8 Å². The largest absolute Gasteiger partial charge is 0.483 e. The van der Waals surface area contributed by atoms with Crippen molar-refractivity contribution in [3.05, 3.63) is 29.3 Å². The van der Waals surface area contributed by atoms with E-state index < -0.39 is 0 Å². The molecule has 0 saturated carbocycles. The monoisotopic (exact) mass is 239 g/mol. The van der Waals surface area contributed by atoms with Gasteiger partial charge in [0.1, 0.15) is 5.75 Å². The highest BCUT2D eigenvalue weighted by Gasteiger charge is 2.04. The number of amides is 1. The van der Waals surface area contributed by atoms with E-state index in [1.54, 1.807) is 0 Å². The lowest BCUT2D eigenvalue weighted by atomic mass is 10.1. The zero-order valence-electron chi connectivity index (χ0n) is 9.62. The molecule has 0 unspecified atom stereocenters. The quantitative estimate of drug-likeness (QED) is 0.768. The van der Waals surface area contributed by atoms with Gasteiger partial charge < -0.3 is 10.1 Å². The van der Waals surface area contributed by atoms with Gasteiger partial charge in [-0.15, -0.1) is 0 Å². The van der Waals surface area contributed by atoms with Crippen molar-refractivity contribution in [1.29, 1.82) is 0 Å². The second kappa shape index (κ2) is 6.43. The maximum atomic E-state index is 11.3.